The van der Waals surface area contributed by atoms with Crippen molar-refractivity contribution >= 4 is 40.7 Å². The highest BCUT2D eigenvalue weighted by atomic mass is 32.2. The highest BCUT2D eigenvalue weighted by Crippen LogP contribution is 2.34. The van der Waals surface area contributed by atoms with E-state index in [9.17, 15) is 4.79 Å². The van der Waals surface area contributed by atoms with E-state index in [1.807, 2.05) is 59.0 Å². The summed E-state index contributed by atoms with van der Waals surface area (Å²) >= 11 is 3.35. The molecule has 174 valence electrons. The highest BCUT2D eigenvalue weighted by Gasteiger charge is 2.27. The number of amidine groups is 1. The van der Waals surface area contributed by atoms with Crippen molar-refractivity contribution < 1.29 is 4.79 Å². The number of nitrogens with zero attached hydrogens (tertiary/aromatic N) is 4. The van der Waals surface area contributed by atoms with E-state index < -0.39 is 0 Å². The first kappa shape index (κ1) is 23.0. The summed E-state index contributed by atoms with van der Waals surface area (Å²) in [5.74, 6) is 0.952. The van der Waals surface area contributed by atoms with Gasteiger partial charge in [0.2, 0.25) is 0 Å². The van der Waals surface area contributed by atoms with E-state index >= 15 is 0 Å². The van der Waals surface area contributed by atoms with Gasteiger partial charge in [-0.2, -0.15) is 10.1 Å². The third kappa shape index (κ3) is 5.15. The van der Waals surface area contributed by atoms with Gasteiger partial charge in [-0.25, -0.2) is 4.68 Å². The molecule has 1 fully saturated rings. The Morgan fingerprint density at radius 3 is 2.53 bits per heavy atom. The molecule has 1 aromatic heterocycles. The summed E-state index contributed by atoms with van der Waals surface area (Å²) in [5.41, 5.74) is 3.81. The number of carbonyl (C=O) groups is 1. The second kappa shape index (κ2) is 10.7. The number of carbonyl (C=O) groups excluding carboxylic acids is 1. The van der Waals surface area contributed by atoms with E-state index in [-0.39, 0.29) is 5.91 Å². The molecule has 3 heterocycles. The van der Waals surface area contributed by atoms with Crippen LogP contribution in [-0.4, -0.2) is 44.6 Å². The van der Waals surface area contributed by atoms with Crippen LogP contribution in [0.2, 0.25) is 0 Å². The molecule has 1 saturated heterocycles. The minimum Gasteiger partial charge on any atom is -0.351 e. The zero-order valence-electron chi connectivity index (χ0n) is 19.3. The Balaban J connectivity index is 1.47. The molecule has 0 bridgehead atoms. The molecule has 34 heavy (non-hydrogen) atoms. The lowest BCUT2D eigenvalue weighted by atomic mass is 10.1. The first-order chi connectivity index (χ1) is 16.7. The lowest BCUT2D eigenvalue weighted by Crippen LogP contribution is -2.33. The van der Waals surface area contributed by atoms with E-state index in [0.717, 1.165) is 65.8 Å². The number of para-hydroxylation sites is 1. The molecule has 2 aliphatic heterocycles. The number of likely N-dealkylation sites (tertiary alicyclic amines) is 1. The van der Waals surface area contributed by atoms with Crippen molar-refractivity contribution in [1.82, 2.24) is 14.7 Å². The van der Waals surface area contributed by atoms with Gasteiger partial charge in [-0.15, -0.1) is 11.8 Å². The Morgan fingerprint density at radius 2 is 1.79 bits per heavy atom. The maximum atomic E-state index is 12.8. The van der Waals surface area contributed by atoms with Gasteiger partial charge in [-0.3, -0.25) is 4.79 Å². The number of aromatic nitrogens is 2. The maximum absolute atomic E-state index is 12.8. The van der Waals surface area contributed by atoms with Crippen molar-refractivity contribution in [3.63, 3.8) is 0 Å². The topological polar surface area (TPSA) is 50.5 Å². The molecule has 0 saturated carbocycles. The van der Waals surface area contributed by atoms with Gasteiger partial charge < -0.3 is 4.90 Å². The SMILES string of the molecule is CCCSc1ccc(-c2nn(-c3ccccc3)cc2/C=C2\SC(N3CCCCC3)=NC2=O)cc1. The van der Waals surface area contributed by atoms with Gasteiger partial charge in [0.25, 0.3) is 5.91 Å². The molecular formula is C27H28N4OS2. The summed E-state index contributed by atoms with van der Waals surface area (Å²) in [5, 5.41) is 5.75. The quantitative estimate of drug-likeness (QED) is 0.293. The third-order valence-electron chi connectivity index (χ3n) is 5.89. The molecule has 0 atom stereocenters. The minimum absolute atomic E-state index is 0.157. The van der Waals surface area contributed by atoms with E-state index in [2.05, 4.69) is 41.1 Å². The zero-order valence-corrected chi connectivity index (χ0v) is 20.9. The number of piperidine rings is 1. The Bertz CT molecular complexity index is 1210. The number of hydrogen-bond donors (Lipinski definition) is 0. The minimum atomic E-state index is -0.157. The second-order valence-electron chi connectivity index (χ2n) is 8.44. The Morgan fingerprint density at radius 1 is 1.03 bits per heavy atom. The largest absolute Gasteiger partial charge is 0.351 e. The molecule has 0 aliphatic carbocycles. The molecule has 1 amide bonds. The number of amides is 1. The lowest BCUT2D eigenvalue weighted by molar-refractivity contribution is -0.113. The summed E-state index contributed by atoms with van der Waals surface area (Å²) in [4.78, 5) is 21.3. The zero-order chi connectivity index (χ0) is 23.3. The smallest absolute Gasteiger partial charge is 0.286 e. The van der Waals surface area contributed by atoms with E-state index in [1.54, 1.807) is 0 Å². The van der Waals surface area contributed by atoms with Crippen molar-refractivity contribution in [2.75, 3.05) is 18.8 Å². The van der Waals surface area contributed by atoms with Crippen molar-refractivity contribution in [2.24, 2.45) is 4.99 Å². The van der Waals surface area contributed by atoms with Crippen LogP contribution >= 0.6 is 23.5 Å². The Labute approximate surface area is 209 Å². The van der Waals surface area contributed by atoms with Gasteiger partial charge in [0.05, 0.1) is 16.3 Å². The first-order valence-corrected chi connectivity index (χ1v) is 13.7. The fourth-order valence-electron chi connectivity index (χ4n) is 4.12. The van der Waals surface area contributed by atoms with Gasteiger partial charge in [0.15, 0.2) is 5.17 Å². The van der Waals surface area contributed by atoms with Crippen LogP contribution in [0.25, 0.3) is 23.0 Å². The molecule has 3 aromatic rings. The van der Waals surface area contributed by atoms with Crippen LogP contribution in [-0.2, 0) is 4.79 Å². The number of aliphatic imine (C=N–C) groups is 1. The van der Waals surface area contributed by atoms with Gasteiger partial charge in [0, 0.05) is 35.3 Å². The monoisotopic (exact) mass is 488 g/mol. The average molecular weight is 489 g/mol. The Kier molecular flexibility index (Phi) is 7.21. The fourth-order valence-corrected chi connectivity index (χ4v) is 5.84. The summed E-state index contributed by atoms with van der Waals surface area (Å²) < 4.78 is 1.89. The van der Waals surface area contributed by atoms with Gasteiger partial charge in [-0.1, -0.05) is 37.3 Å². The maximum Gasteiger partial charge on any atom is 0.286 e. The molecule has 0 radical (unpaired) electrons. The predicted molar refractivity (Wildman–Crippen MR) is 143 cm³/mol. The number of rotatable bonds is 6. The van der Waals surface area contributed by atoms with Crippen molar-refractivity contribution in [1.29, 1.82) is 0 Å². The number of hydrogen-bond acceptors (Lipinski definition) is 5. The molecule has 5 nitrogen and oxygen atoms in total. The summed E-state index contributed by atoms with van der Waals surface area (Å²) in [6.45, 7) is 4.15. The second-order valence-corrected chi connectivity index (χ2v) is 10.6. The van der Waals surface area contributed by atoms with Crippen molar-refractivity contribution in [2.45, 2.75) is 37.5 Å². The molecule has 0 unspecified atom stereocenters. The summed E-state index contributed by atoms with van der Waals surface area (Å²) in [6.07, 6.45) is 8.68. The summed E-state index contributed by atoms with van der Waals surface area (Å²) in [7, 11) is 0. The predicted octanol–water partition coefficient (Wildman–Crippen LogP) is 6.50. The van der Waals surface area contributed by atoms with Crippen LogP contribution in [0.3, 0.4) is 0 Å². The standard InChI is InChI=1S/C27H28N4OS2/c1-2-17-33-23-13-11-20(12-14-23)25-21(19-31(29-25)22-9-5-3-6-10-22)18-24-26(32)28-27(34-24)30-15-7-4-8-16-30/h3,5-6,9-14,18-19H,2,4,7-8,15-17H2,1H3/b24-18-. The van der Waals surface area contributed by atoms with Gasteiger partial charge in [-0.05, 0) is 73.5 Å². The van der Waals surface area contributed by atoms with Crippen LogP contribution in [0.5, 0.6) is 0 Å². The fraction of sp³-hybridized carbons (Fsp3) is 0.296. The molecule has 0 N–H and O–H groups in total. The summed E-state index contributed by atoms with van der Waals surface area (Å²) in [6, 6.07) is 18.6. The molecule has 2 aromatic carbocycles. The normalized spacial score (nSPS) is 17.4. The van der Waals surface area contributed by atoms with Crippen LogP contribution in [0, 0.1) is 0 Å². The van der Waals surface area contributed by atoms with Crippen LogP contribution in [0.1, 0.15) is 38.2 Å². The van der Waals surface area contributed by atoms with Crippen LogP contribution < -0.4 is 0 Å². The van der Waals surface area contributed by atoms with Crippen molar-refractivity contribution in [3.05, 3.63) is 71.3 Å². The lowest BCUT2D eigenvalue weighted by Gasteiger charge is -2.27. The van der Waals surface area contributed by atoms with E-state index in [4.69, 9.17) is 5.10 Å². The number of thioether (sulfide) groups is 2. The molecule has 5 rings (SSSR count). The van der Waals surface area contributed by atoms with E-state index in [0.29, 0.717) is 4.91 Å². The first-order valence-electron chi connectivity index (χ1n) is 11.9. The Hall–Kier alpha value is -2.77. The van der Waals surface area contributed by atoms with Crippen LogP contribution in [0.4, 0.5) is 0 Å². The molecule has 0 spiro atoms. The van der Waals surface area contributed by atoms with Crippen LogP contribution in [0.15, 0.2) is 75.6 Å². The molecule has 7 heteroatoms. The molecule has 2 aliphatic rings. The van der Waals surface area contributed by atoms with Gasteiger partial charge >= 0.3 is 0 Å². The third-order valence-corrected chi connectivity index (χ3v) is 8.15. The van der Waals surface area contributed by atoms with Gasteiger partial charge in [0.1, 0.15) is 0 Å². The van der Waals surface area contributed by atoms with E-state index in [1.165, 1.54) is 23.1 Å². The number of benzene rings is 2. The average Bonchev–Trinajstić information content (AvgIpc) is 3.48. The van der Waals surface area contributed by atoms with Crippen molar-refractivity contribution in [3.8, 4) is 16.9 Å². The molecular weight excluding hydrogens is 460 g/mol. The highest BCUT2D eigenvalue weighted by molar-refractivity contribution is 8.18.